The highest BCUT2D eigenvalue weighted by Gasteiger charge is 2.26. The van der Waals surface area contributed by atoms with Gasteiger partial charge in [-0.3, -0.25) is 9.59 Å². The average Bonchev–Trinajstić information content (AvgIpc) is 2.73. The van der Waals surface area contributed by atoms with Crippen molar-refractivity contribution in [3.63, 3.8) is 0 Å². The molecule has 10 heteroatoms. The van der Waals surface area contributed by atoms with E-state index in [-0.39, 0.29) is 16.4 Å². The SMILES string of the molecule is CCN(CC)S(=O)(=O)c1cccc(C(=O)NC(C(=O)Nc2cncnc2)C(C)C)c1. The Balaban J connectivity index is 2.21. The van der Waals surface area contributed by atoms with Gasteiger partial charge in [0.2, 0.25) is 15.9 Å². The summed E-state index contributed by atoms with van der Waals surface area (Å²) in [6.07, 6.45) is 4.24. The topological polar surface area (TPSA) is 121 Å². The highest BCUT2D eigenvalue weighted by atomic mass is 32.2. The second-order valence-corrected chi connectivity index (χ2v) is 8.87. The number of hydrogen-bond donors (Lipinski definition) is 2. The van der Waals surface area contributed by atoms with Crippen molar-refractivity contribution in [2.24, 2.45) is 5.92 Å². The zero-order valence-corrected chi connectivity index (χ0v) is 18.3. The molecule has 30 heavy (non-hydrogen) atoms. The van der Waals surface area contributed by atoms with E-state index in [1.807, 2.05) is 0 Å². The standard InChI is InChI=1S/C20H27N5O4S/c1-5-25(6-2)30(28,29)17-9-7-8-15(10-17)19(26)24-18(14(3)4)20(27)23-16-11-21-13-22-12-16/h7-14,18H,5-6H2,1-4H3,(H,23,27)(H,24,26). The molecule has 0 aliphatic heterocycles. The summed E-state index contributed by atoms with van der Waals surface area (Å²) in [5.41, 5.74) is 0.569. The summed E-state index contributed by atoms with van der Waals surface area (Å²) < 4.78 is 26.8. The Morgan fingerprint density at radius 2 is 1.73 bits per heavy atom. The fraction of sp³-hybridized carbons (Fsp3) is 0.400. The van der Waals surface area contributed by atoms with Crippen LogP contribution in [-0.2, 0) is 14.8 Å². The smallest absolute Gasteiger partial charge is 0.251 e. The third-order valence-corrected chi connectivity index (χ3v) is 6.55. The van der Waals surface area contributed by atoms with Crippen LogP contribution in [0, 0.1) is 5.92 Å². The van der Waals surface area contributed by atoms with E-state index in [9.17, 15) is 18.0 Å². The van der Waals surface area contributed by atoms with Crippen LogP contribution in [0.15, 0.2) is 47.9 Å². The normalized spacial score (nSPS) is 12.6. The molecule has 0 saturated heterocycles. The molecule has 0 bridgehead atoms. The first-order chi connectivity index (χ1) is 14.2. The molecule has 162 valence electrons. The largest absolute Gasteiger partial charge is 0.340 e. The van der Waals surface area contributed by atoms with Crippen LogP contribution in [0.2, 0.25) is 0 Å². The monoisotopic (exact) mass is 433 g/mol. The fourth-order valence-electron chi connectivity index (χ4n) is 2.85. The first kappa shape index (κ1) is 23.4. The number of anilines is 1. The predicted molar refractivity (Wildman–Crippen MR) is 113 cm³/mol. The zero-order valence-electron chi connectivity index (χ0n) is 17.5. The second-order valence-electron chi connectivity index (χ2n) is 6.93. The van der Waals surface area contributed by atoms with Gasteiger partial charge in [-0.25, -0.2) is 18.4 Å². The van der Waals surface area contributed by atoms with Crippen molar-refractivity contribution in [3.05, 3.63) is 48.5 Å². The molecule has 0 radical (unpaired) electrons. The van der Waals surface area contributed by atoms with Crippen LogP contribution in [0.1, 0.15) is 38.1 Å². The van der Waals surface area contributed by atoms with Gasteiger partial charge in [0.1, 0.15) is 12.4 Å². The van der Waals surface area contributed by atoms with Gasteiger partial charge >= 0.3 is 0 Å². The van der Waals surface area contributed by atoms with Crippen LogP contribution in [0.4, 0.5) is 5.69 Å². The maximum Gasteiger partial charge on any atom is 0.251 e. The Kier molecular flexibility index (Phi) is 8.01. The molecule has 2 amide bonds. The molecule has 9 nitrogen and oxygen atoms in total. The van der Waals surface area contributed by atoms with Gasteiger partial charge in [-0.1, -0.05) is 33.8 Å². The lowest BCUT2D eigenvalue weighted by molar-refractivity contribution is -0.118. The molecule has 0 fully saturated rings. The number of hydrogen-bond acceptors (Lipinski definition) is 6. The maximum absolute atomic E-state index is 12.8. The molecule has 0 aliphatic carbocycles. The quantitative estimate of drug-likeness (QED) is 0.623. The van der Waals surface area contributed by atoms with E-state index >= 15 is 0 Å². The van der Waals surface area contributed by atoms with Crippen LogP contribution >= 0.6 is 0 Å². The minimum Gasteiger partial charge on any atom is -0.340 e. The van der Waals surface area contributed by atoms with Gasteiger partial charge in [0.15, 0.2) is 0 Å². The van der Waals surface area contributed by atoms with Crippen molar-refractivity contribution in [1.29, 1.82) is 0 Å². The lowest BCUT2D eigenvalue weighted by atomic mass is 10.0. The number of benzene rings is 1. The van der Waals surface area contributed by atoms with Crippen molar-refractivity contribution in [1.82, 2.24) is 19.6 Å². The van der Waals surface area contributed by atoms with Gasteiger partial charge < -0.3 is 10.6 Å². The predicted octanol–water partition coefficient (Wildman–Crippen LogP) is 1.90. The highest BCUT2D eigenvalue weighted by Crippen LogP contribution is 2.17. The van der Waals surface area contributed by atoms with Gasteiger partial charge in [0, 0.05) is 18.7 Å². The molecule has 1 heterocycles. The van der Waals surface area contributed by atoms with Crippen molar-refractivity contribution in [2.75, 3.05) is 18.4 Å². The van der Waals surface area contributed by atoms with Gasteiger partial charge in [-0.2, -0.15) is 4.31 Å². The molecule has 0 spiro atoms. The summed E-state index contributed by atoms with van der Waals surface area (Å²) in [5.74, 6) is -1.16. The molecule has 0 saturated carbocycles. The van der Waals surface area contributed by atoms with Crippen molar-refractivity contribution in [3.8, 4) is 0 Å². The highest BCUT2D eigenvalue weighted by molar-refractivity contribution is 7.89. The number of carbonyl (C=O) groups is 2. The van der Waals surface area contributed by atoms with Crippen LogP contribution < -0.4 is 10.6 Å². The summed E-state index contributed by atoms with van der Waals surface area (Å²) in [6, 6.07) is 4.96. The number of nitrogens with one attached hydrogen (secondary N) is 2. The number of amides is 2. The second kappa shape index (κ2) is 10.3. The molecular formula is C20H27N5O4S. The molecule has 2 N–H and O–H groups in total. The van der Waals surface area contributed by atoms with Gasteiger partial charge in [0.25, 0.3) is 5.91 Å². The lowest BCUT2D eigenvalue weighted by Crippen LogP contribution is -2.47. The molecule has 1 aromatic heterocycles. The summed E-state index contributed by atoms with van der Waals surface area (Å²) >= 11 is 0. The molecule has 0 aliphatic rings. The Morgan fingerprint density at radius 1 is 1.10 bits per heavy atom. The molecule has 1 atom stereocenters. The van der Waals surface area contributed by atoms with E-state index in [1.165, 1.54) is 47.3 Å². The zero-order chi connectivity index (χ0) is 22.3. The maximum atomic E-state index is 12.8. The number of nitrogens with zero attached hydrogens (tertiary/aromatic N) is 3. The van der Waals surface area contributed by atoms with E-state index in [0.29, 0.717) is 18.8 Å². The summed E-state index contributed by atoms with van der Waals surface area (Å²) in [6.45, 7) is 7.76. The number of sulfonamides is 1. The summed E-state index contributed by atoms with van der Waals surface area (Å²) in [7, 11) is -3.70. The summed E-state index contributed by atoms with van der Waals surface area (Å²) in [5, 5.41) is 5.35. The van der Waals surface area contributed by atoms with E-state index < -0.39 is 27.9 Å². The molecule has 2 rings (SSSR count). The Labute approximate surface area is 177 Å². The van der Waals surface area contributed by atoms with Gasteiger partial charge in [-0.05, 0) is 24.1 Å². The molecule has 1 unspecified atom stereocenters. The summed E-state index contributed by atoms with van der Waals surface area (Å²) in [4.78, 5) is 33.1. The van der Waals surface area contributed by atoms with E-state index in [4.69, 9.17) is 0 Å². The Bertz CT molecular complexity index is 976. The van der Waals surface area contributed by atoms with Crippen molar-refractivity contribution >= 4 is 27.5 Å². The first-order valence-electron chi connectivity index (χ1n) is 9.67. The Morgan fingerprint density at radius 3 is 2.30 bits per heavy atom. The minimum absolute atomic E-state index is 0.0332. The lowest BCUT2D eigenvalue weighted by Gasteiger charge is -2.22. The van der Waals surface area contributed by atoms with Crippen LogP contribution in [0.3, 0.4) is 0 Å². The van der Waals surface area contributed by atoms with E-state index in [1.54, 1.807) is 27.7 Å². The number of aromatic nitrogens is 2. The molecule has 2 aromatic rings. The van der Waals surface area contributed by atoms with Crippen molar-refractivity contribution in [2.45, 2.75) is 38.6 Å². The van der Waals surface area contributed by atoms with Gasteiger partial charge in [-0.15, -0.1) is 0 Å². The Hall–Kier alpha value is -2.85. The van der Waals surface area contributed by atoms with E-state index in [0.717, 1.165) is 0 Å². The van der Waals surface area contributed by atoms with Crippen LogP contribution in [0.5, 0.6) is 0 Å². The molecular weight excluding hydrogens is 406 g/mol. The third kappa shape index (κ3) is 5.61. The van der Waals surface area contributed by atoms with Crippen molar-refractivity contribution < 1.29 is 18.0 Å². The number of carbonyl (C=O) groups excluding carboxylic acids is 2. The minimum atomic E-state index is -3.70. The molecule has 1 aromatic carbocycles. The fourth-order valence-corrected chi connectivity index (χ4v) is 4.36. The first-order valence-corrected chi connectivity index (χ1v) is 11.1. The van der Waals surface area contributed by atoms with Crippen LogP contribution in [0.25, 0.3) is 0 Å². The van der Waals surface area contributed by atoms with Crippen LogP contribution in [-0.4, -0.2) is 53.6 Å². The average molecular weight is 434 g/mol. The van der Waals surface area contributed by atoms with E-state index in [2.05, 4.69) is 20.6 Å². The van der Waals surface area contributed by atoms with Gasteiger partial charge in [0.05, 0.1) is 23.0 Å². The number of rotatable bonds is 9. The third-order valence-electron chi connectivity index (χ3n) is 4.50.